The smallest absolute Gasteiger partial charge is 0.133 e. The first kappa shape index (κ1) is 20.6. The van der Waals surface area contributed by atoms with Crippen molar-refractivity contribution < 1.29 is 0 Å². The molecule has 0 radical (unpaired) electrons. The van der Waals surface area contributed by atoms with Crippen LogP contribution in [0.5, 0.6) is 0 Å². The molecule has 0 amide bonds. The second-order valence-corrected chi connectivity index (χ2v) is 6.76. The molecule has 0 aromatic heterocycles. The van der Waals surface area contributed by atoms with Crippen molar-refractivity contribution in [3.63, 3.8) is 0 Å². The van der Waals surface area contributed by atoms with Crippen LogP contribution in [0.2, 0.25) is 0 Å². The predicted molar refractivity (Wildman–Crippen MR) is 97.5 cm³/mol. The Labute approximate surface area is 137 Å². The first-order valence-electron chi connectivity index (χ1n) is 9.07. The van der Waals surface area contributed by atoms with Gasteiger partial charge in [0.25, 0.3) is 0 Å². The maximum Gasteiger partial charge on any atom is 0.133 e. The highest BCUT2D eigenvalue weighted by Gasteiger charge is 1.91. The standard InChI is InChI=1S/C19H35NS/c1-2-3-4-5-6-7-8-9-10-11-12-13-14-15-16-17-18-21-19-20/h9-10H,2-8,11-18H2,1H3. The molecule has 0 atom stereocenters. The Morgan fingerprint density at radius 3 is 1.71 bits per heavy atom. The number of rotatable bonds is 16. The third kappa shape index (κ3) is 19.6. The van der Waals surface area contributed by atoms with E-state index in [0.29, 0.717) is 0 Å². The van der Waals surface area contributed by atoms with Crippen LogP contribution in [0.1, 0.15) is 96.8 Å². The Balaban J connectivity index is 3.04. The molecule has 0 heterocycles. The monoisotopic (exact) mass is 309 g/mol. The highest BCUT2D eigenvalue weighted by atomic mass is 32.2. The van der Waals surface area contributed by atoms with Gasteiger partial charge >= 0.3 is 0 Å². The van der Waals surface area contributed by atoms with Crippen molar-refractivity contribution in [3.05, 3.63) is 12.2 Å². The van der Waals surface area contributed by atoms with Gasteiger partial charge in [-0.1, -0.05) is 76.9 Å². The molecule has 1 nitrogen and oxygen atoms in total. The molecule has 0 N–H and O–H groups in total. The van der Waals surface area contributed by atoms with E-state index < -0.39 is 0 Å². The Kier molecular flexibility index (Phi) is 19.2. The summed E-state index contributed by atoms with van der Waals surface area (Å²) in [5, 5.41) is 10.5. The Morgan fingerprint density at radius 2 is 1.19 bits per heavy atom. The van der Waals surface area contributed by atoms with Crippen molar-refractivity contribution in [2.75, 3.05) is 5.75 Å². The molecule has 0 rings (SSSR count). The van der Waals surface area contributed by atoms with Gasteiger partial charge in [0.15, 0.2) is 0 Å². The van der Waals surface area contributed by atoms with Crippen molar-refractivity contribution in [1.82, 2.24) is 0 Å². The molecular formula is C19H35NS. The molecule has 21 heavy (non-hydrogen) atoms. The SMILES string of the molecule is CCCCCCCCC=CCCCCCCCCSC#N. The van der Waals surface area contributed by atoms with Gasteiger partial charge in [0.1, 0.15) is 5.40 Å². The highest BCUT2D eigenvalue weighted by Crippen LogP contribution is 2.11. The van der Waals surface area contributed by atoms with Gasteiger partial charge in [0.2, 0.25) is 0 Å². The van der Waals surface area contributed by atoms with Crippen LogP contribution in [0.25, 0.3) is 0 Å². The molecule has 0 spiro atoms. The zero-order valence-corrected chi connectivity index (χ0v) is 14.9. The second-order valence-electron chi connectivity index (χ2n) is 5.88. The van der Waals surface area contributed by atoms with Crippen LogP contribution in [0.4, 0.5) is 0 Å². The minimum Gasteiger partial charge on any atom is -0.185 e. The second kappa shape index (κ2) is 19.6. The van der Waals surface area contributed by atoms with Crippen LogP contribution in [0.15, 0.2) is 12.2 Å². The fraction of sp³-hybridized carbons (Fsp3) is 0.842. The van der Waals surface area contributed by atoms with E-state index in [1.807, 2.05) is 0 Å². The number of unbranched alkanes of at least 4 members (excludes halogenated alkanes) is 12. The molecule has 0 fully saturated rings. The molecule has 0 unspecified atom stereocenters. The van der Waals surface area contributed by atoms with E-state index in [1.165, 1.54) is 102 Å². The number of hydrogen-bond acceptors (Lipinski definition) is 2. The lowest BCUT2D eigenvalue weighted by molar-refractivity contribution is 0.607. The molecule has 0 bridgehead atoms. The Hall–Kier alpha value is -0.420. The van der Waals surface area contributed by atoms with Crippen LogP contribution >= 0.6 is 11.8 Å². The number of thiocyanates is 1. The maximum atomic E-state index is 8.40. The van der Waals surface area contributed by atoms with Crippen LogP contribution in [-0.4, -0.2) is 5.75 Å². The van der Waals surface area contributed by atoms with E-state index in [2.05, 4.69) is 24.5 Å². The number of thioether (sulfide) groups is 1. The van der Waals surface area contributed by atoms with Gasteiger partial charge in [-0.3, -0.25) is 0 Å². The number of nitrogens with zero attached hydrogens (tertiary/aromatic N) is 1. The van der Waals surface area contributed by atoms with Gasteiger partial charge in [-0.15, -0.1) is 0 Å². The van der Waals surface area contributed by atoms with E-state index >= 15 is 0 Å². The Bertz CT molecular complexity index is 255. The average molecular weight is 310 g/mol. The lowest BCUT2D eigenvalue weighted by atomic mass is 10.1. The van der Waals surface area contributed by atoms with E-state index in [1.54, 1.807) is 0 Å². The fourth-order valence-corrected chi connectivity index (χ4v) is 2.91. The van der Waals surface area contributed by atoms with E-state index in [-0.39, 0.29) is 0 Å². The normalized spacial score (nSPS) is 11.0. The minimum atomic E-state index is 1.01. The number of nitriles is 1. The maximum absolute atomic E-state index is 8.40. The summed E-state index contributed by atoms with van der Waals surface area (Å²) in [6.07, 6.45) is 23.6. The first-order chi connectivity index (χ1) is 10.4. The Morgan fingerprint density at radius 1 is 0.714 bits per heavy atom. The summed E-state index contributed by atoms with van der Waals surface area (Å²) in [5.41, 5.74) is 0. The summed E-state index contributed by atoms with van der Waals surface area (Å²) in [6.45, 7) is 2.27. The quantitative estimate of drug-likeness (QED) is 0.170. The average Bonchev–Trinajstić information content (AvgIpc) is 2.50. The van der Waals surface area contributed by atoms with Crippen LogP contribution in [0.3, 0.4) is 0 Å². The first-order valence-corrected chi connectivity index (χ1v) is 10.1. The summed E-state index contributed by atoms with van der Waals surface area (Å²) in [6, 6.07) is 0. The summed E-state index contributed by atoms with van der Waals surface area (Å²) >= 11 is 1.39. The van der Waals surface area contributed by atoms with Crippen LogP contribution in [0, 0.1) is 10.7 Å². The molecule has 0 aromatic rings. The lowest BCUT2D eigenvalue weighted by Gasteiger charge is -1.99. The van der Waals surface area contributed by atoms with Crippen molar-refractivity contribution in [2.24, 2.45) is 0 Å². The van der Waals surface area contributed by atoms with Crippen LogP contribution < -0.4 is 0 Å². The largest absolute Gasteiger partial charge is 0.185 e. The summed E-state index contributed by atoms with van der Waals surface area (Å²) in [7, 11) is 0. The van der Waals surface area contributed by atoms with Gasteiger partial charge in [0, 0.05) is 5.75 Å². The molecule has 2 heteroatoms. The van der Waals surface area contributed by atoms with Crippen LogP contribution in [-0.2, 0) is 0 Å². The number of allylic oxidation sites excluding steroid dienone is 2. The molecule has 122 valence electrons. The van der Waals surface area contributed by atoms with E-state index in [4.69, 9.17) is 5.26 Å². The molecule has 0 aliphatic heterocycles. The molecule has 0 saturated carbocycles. The lowest BCUT2D eigenvalue weighted by Crippen LogP contribution is -1.82. The minimum absolute atomic E-state index is 1.01. The third-order valence-electron chi connectivity index (χ3n) is 3.82. The van der Waals surface area contributed by atoms with Gasteiger partial charge in [-0.05, 0) is 43.9 Å². The number of hydrogen-bond donors (Lipinski definition) is 0. The topological polar surface area (TPSA) is 23.8 Å². The van der Waals surface area contributed by atoms with Gasteiger partial charge < -0.3 is 0 Å². The van der Waals surface area contributed by atoms with E-state index in [0.717, 1.165) is 5.75 Å². The highest BCUT2D eigenvalue weighted by molar-refractivity contribution is 8.03. The van der Waals surface area contributed by atoms with Gasteiger partial charge in [0.05, 0.1) is 0 Å². The summed E-state index contributed by atoms with van der Waals surface area (Å²) in [4.78, 5) is 0. The van der Waals surface area contributed by atoms with Crippen molar-refractivity contribution in [2.45, 2.75) is 96.8 Å². The molecule has 0 aliphatic rings. The third-order valence-corrected chi connectivity index (χ3v) is 4.44. The van der Waals surface area contributed by atoms with Crippen molar-refractivity contribution >= 4 is 11.8 Å². The van der Waals surface area contributed by atoms with E-state index in [9.17, 15) is 0 Å². The zero-order chi connectivity index (χ0) is 15.4. The van der Waals surface area contributed by atoms with Crippen molar-refractivity contribution in [3.8, 4) is 5.40 Å². The predicted octanol–water partition coefficient (Wildman–Crippen LogP) is 7.24. The molecular weight excluding hydrogens is 274 g/mol. The fourth-order valence-electron chi connectivity index (χ4n) is 2.47. The van der Waals surface area contributed by atoms with Gasteiger partial charge in [-0.25, -0.2) is 0 Å². The summed E-state index contributed by atoms with van der Waals surface area (Å²) in [5.74, 6) is 1.01. The zero-order valence-electron chi connectivity index (χ0n) is 14.1. The summed E-state index contributed by atoms with van der Waals surface area (Å²) < 4.78 is 0. The molecule has 0 aliphatic carbocycles. The van der Waals surface area contributed by atoms with Gasteiger partial charge in [-0.2, -0.15) is 5.26 Å². The molecule has 0 aromatic carbocycles. The molecule has 0 saturated heterocycles. The van der Waals surface area contributed by atoms with Crippen molar-refractivity contribution in [1.29, 1.82) is 5.26 Å².